The summed E-state index contributed by atoms with van der Waals surface area (Å²) in [6.45, 7) is 2.08. The van der Waals surface area contributed by atoms with Gasteiger partial charge in [-0.05, 0) is 54.6 Å². The zero-order chi connectivity index (χ0) is 12.4. The largest absolute Gasteiger partial charge is 0.486 e. The van der Waals surface area contributed by atoms with E-state index >= 15 is 0 Å². The van der Waals surface area contributed by atoms with E-state index in [1.54, 1.807) is 0 Å². The fourth-order valence-corrected chi connectivity index (χ4v) is 3.45. The number of ether oxygens (including phenoxy) is 1. The van der Waals surface area contributed by atoms with Gasteiger partial charge in [0.05, 0.1) is 18.3 Å². The van der Waals surface area contributed by atoms with E-state index in [4.69, 9.17) is 4.74 Å². The molecule has 3 rings (SSSR count). The summed E-state index contributed by atoms with van der Waals surface area (Å²) in [5, 5.41) is 7.83. The molecule has 1 N–H and O–H groups in total. The molecule has 0 spiro atoms. The van der Waals surface area contributed by atoms with Crippen molar-refractivity contribution in [3.8, 4) is 5.75 Å². The first kappa shape index (κ1) is 12.5. The second-order valence-corrected chi connectivity index (χ2v) is 6.02. The monoisotopic (exact) mass is 313 g/mol. The molecule has 100 valence electrons. The molecule has 5 heteroatoms. The quantitative estimate of drug-likeness (QED) is 0.932. The van der Waals surface area contributed by atoms with Crippen LogP contribution in [0.5, 0.6) is 5.75 Å². The van der Waals surface area contributed by atoms with Crippen LogP contribution in [0.4, 0.5) is 0 Å². The van der Waals surface area contributed by atoms with E-state index < -0.39 is 0 Å². The van der Waals surface area contributed by atoms with E-state index in [1.165, 1.54) is 32.1 Å². The number of nitrogens with zero attached hydrogens (tertiary/aromatic N) is 2. The van der Waals surface area contributed by atoms with Crippen LogP contribution in [-0.2, 0) is 0 Å². The van der Waals surface area contributed by atoms with Gasteiger partial charge in [-0.3, -0.25) is 4.68 Å². The Balaban J connectivity index is 1.68. The Bertz CT molecular complexity index is 395. The molecule has 2 heterocycles. The SMILES string of the molecule is Brc1c(OC2CCCCC2)cnn1C1CCNC1. The van der Waals surface area contributed by atoms with Gasteiger partial charge in [-0.15, -0.1) is 0 Å². The fourth-order valence-electron chi connectivity index (χ4n) is 2.88. The van der Waals surface area contributed by atoms with Crippen molar-refractivity contribution < 1.29 is 4.74 Å². The first-order chi connectivity index (χ1) is 8.84. The maximum atomic E-state index is 6.08. The van der Waals surface area contributed by atoms with Crippen LogP contribution in [0, 0.1) is 0 Å². The van der Waals surface area contributed by atoms with Crippen molar-refractivity contribution in [2.45, 2.75) is 50.7 Å². The van der Waals surface area contributed by atoms with Gasteiger partial charge in [0.1, 0.15) is 4.60 Å². The normalized spacial score (nSPS) is 25.5. The van der Waals surface area contributed by atoms with Gasteiger partial charge in [0.15, 0.2) is 5.75 Å². The first-order valence-electron chi connectivity index (χ1n) is 6.95. The van der Waals surface area contributed by atoms with Crippen molar-refractivity contribution >= 4 is 15.9 Å². The van der Waals surface area contributed by atoms with Crippen molar-refractivity contribution in [3.05, 3.63) is 10.8 Å². The van der Waals surface area contributed by atoms with Crippen LogP contribution in [0.1, 0.15) is 44.6 Å². The van der Waals surface area contributed by atoms with Gasteiger partial charge >= 0.3 is 0 Å². The fraction of sp³-hybridized carbons (Fsp3) is 0.769. The van der Waals surface area contributed by atoms with Crippen molar-refractivity contribution in [2.75, 3.05) is 13.1 Å². The van der Waals surface area contributed by atoms with E-state index in [9.17, 15) is 0 Å². The number of aromatic nitrogens is 2. The molecule has 0 radical (unpaired) electrons. The zero-order valence-electron chi connectivity index (χ0n) is 10.6. The molecule has 1 atom stereocenters. The van der Waals surface area contributed by atoms with Crippen molar-refractivity contribution in [2.24, 2.45) is 0 Å². The van der Waals surface area contributed by atoms with Crippen LogP contribution in [0.3, 0.4) is 0 Å². The van der Waals surface area contributed by atoms with E-state index in [1.807, 2.05) is 6.20 Å². The molecule has 1 saturated heterocycles. The van der Waals surface area contributed by atoms with Crippen LogP contribution in [-0.4, -0.2) is 29.0 Å². The maximum Gasteiger partial charge on any atom is 0.172 e. The Morgan fingerprint density at radius 2 is 2.11 bits per heavy atom. The van der Waals surface area contributed by atoms with Crippen molar-refractivity contribution in [1.82, 2.24) is 15.1 Å². The average molecular weight is 314 g/mol. The van der Waals surface area contributed by atoms with E-state index in [-0.39, 0.29) is 0 Å². The Kier molecular flexibility index (Phi) is 3.89. The molecular weight excluding hydrogens is 294 g/mol. The van der Waals surface area contributed by atoms with Gasteiger partial charge in [-0.25, -0.2) is 0 Å². The maximum absolute atomic E-state index is 6.08. The van der Waals surface area contributed by atoms with Gasteiger partial charge in [0.25, 0.3) is 0 Å². The molecule has 1 aliphatic heterocycles. The standard InChI is InChI=1S/C13H20BrN3O/c14-13-12(18-11-4-2-1-3-5-11)9-16-17(13)10-6-7-15-8-10/h9-11,15H,1-8H2. The molecule has 0 aromatic carbocycles. The third kappa shape index (κ3) is 2.57. The van der Waals surface area contributed by atoms with Gasteiger partial charge in [0, 0.05) is 6.54 Å². The van der Waals surface area contributed by atoms with Crippen LogP contribution in [0.2, 0.25) is 0 Å². The molecule has 0 bridgehead atoms. The summed E-state index contributed by atoms with van der Waals surface area (Å²) >= 11 is 3.64. The van der Waals surface area contributed by atoms with E-state index in [0.29, 0.717) is 12.1 Å². The molecule has 1 unspecified atom stereocenters. The lowest BCUT2D eigenvalue weighted by molar-refractivity contribution is 0.153. The van der Waals surface area contributed by atoms with Crippen LogP contribution in [0.25, 0.3) is 0 Å². The minimum absolute atomic E-state index is 0.384. The topological polar surface area (TPSA) is 39.1 Å². The summed E-state index contributed by atoms with van der Waals surface area (Å²) in [5.74, 6) is 0.911. The minimum atomic E-state index is 0.384. The number of nitrogens with one attached hydrogen (secondary N) is 1. The molecule has 18 heavy (non-hydrogen) atoms. The zero-order valence-corrected chi connectivity index (χ0v) is 12.2. The molecule has 1 aliphatic carbocycles. The highest BCUT2D eigenvalue weighted by molar-refractivity contribution is 9.10. The summed E-state index contributed by atoms with van der Waals surface area (Å²) < 4.78 is 9.13. The van der Waals surface area contributed by atoms with Crippen molar-refractivity contribution in [1.29, 1.82) is 0 Å². The third-order valence-corrected chi connectivity index (χ3v) is 4.68. The van der Waals surface area contributed by atoms with Gasteiger partial charge in [-0.1, -0.05) is 6.42 Å². The molecule has 1 saturated carbocycles. The van der Waals surface area contributed by atoms with Gasteiger partial charge in [-0.2, -0.15) is 5.10 Å². The van der Waals surface area contributed by atoms with Crippen LogP contribution < -0.4 is 10.1 Å². The summed E-state index contributed by atoms with van der Waals surface area (Å²) in [5.41, 5.74) is 0. The number of hydrogen-bond donors (Lipinski definition) is 1. The van der Waals surface area contributed by atoms with Crippen LogP contribution in [0.15, 0.2) is 10.8 Å². The predicted octanol–water partition coefficient (Wildman–Crippen LogP) is 2.89. The molecule has 2 aliphatic rings. The highest BCUT2D eigenvalue weighted by Crippen LogP contribution is 2.32. The smallest absolute Gasteiger partial charge is 0.172 e. The van der Waals surface area contributed by atoms with Gasteiger partial charge in [0.2, 0.25) is 0 Å². The minimum Gasteiger partial charge on any atom is -0.486 e. The Morgan fingerprint density at radius 1 is 1.28 bits per heavy atom. The second-order valence-electron chi connectivity index (χ2n) is 5.27. The highest BCUT2D eigenvalue weighted by atomic mass is 79.9. The highest BCUT2D eigenvalue weighted by Gasteiger charge is 2.23. The lowest BCUT2D eigenvalue weighted by Crippen LogP contribution is -2.19. The molecular formula is C13H20BrN3O. The summed E-state index contributed by atoms with van der Waals surface area (Å²) in [7, 11) is 0. The second kappa shape index (κ2) is 5.61. The predicted molar refractivity (Wildman–Crippen MR) is 74.0 cm³/mol. The van der Waals surface area contributed by atoms with Gasteiger partial charge < -0.3 is 10.1 Å². The van der Waals surface area contributed by atoms with Crippen LogP contribution >= 0.6 is 15.9 Å². The summed E-state index contributed by atoms with van der Waals surface area (Å²) in [4.78, 5) is 0. The molecule has 0 amide bonds. The lowest BCUT2D eigenvalue weighted by atomic mass is 9.98. The third-order valence-electron chi connectivity index (χ3n) is 3.93. The molecule has 1 aromatic rings. The molecule has 4 nitrogen and oxygen atoms in total. The molecule has 1 aromatic heterocycles. The Labute approximate surface area is 116 Å². The Morgan fingerprint density at radius 3 is 2.83 bits per heavy atom. The molecule has 2 fully saturated rings. The summed E-state index contributed by atoms with van der Waals surface area (Å²) in [6, 6.07) is 0.461. The van der Waals surface area contributed by atoms with E-state index in [0.717, 1.165) is 29.9 Å². The lowest BCUT2D eigenvalue weighted by Gasteiger charge is -2.22. The summed E-state index contributed by atoms with van der Waals surface area (Å²) in [6.07, 6.45) is 9.69. The number of hydrogen-bond acceptors (Lipinski definition) is 3. The number of halogens is 1. The number of rotatable bonds is 3. The first-order valence-corrected chi connectivity index (χ1v) is 7.74. The van der Waals surface area contributed by atoms with Crippen molar-refractivity contribution in [3.63, 3.8) is 0 Å². The Hall–Kier alpha value is -0.550. The van der Waals surface area contributed by atoms with E-state index in [2.05, 4.69) is 31.0 Å². The average Bonchev–Trinajstić information content (AvgIpc) is 3.02.